The third kappa shape index (κ3) is 1.41. The molecule has 0 amide bonds. The fourth-order valence-electron chi connectivity index (χ4n) is 0.421. The maximum Gasteiger partial charge on any atom is 0.194 e. The Bertz CT molecular complexity index is 237. The van der Waals surface area contributed by atoms with E-state index in [9.17, 15) is 0 Å². The van der Waals surface area contributed by atoms with E-state index in [-0.39, 0.29) is 0 Å². The van der Waals surface area contributed by atoms with Crippen LogP contribution in [0.5, 0.6) is 0 Å². The van der Waals surface area contributed by atoms with Crippen molar-refractivity contribution in [3.8, 4) is 6.07 Å². The molecule has 9 heavy (non-hydrogen) atoms. The van der Waals surface area contributed by atoms with Crippen LogP contribution in [0.1, 0.15) is 9.88 Å². The van der Waals surface area contributed by atoms with Crippen molar-refractivity contribution >= 4 is 22.9 Å². The number of hydrogen-bond acceptors (Lipinski definition) is 3. The summed E-state index contributed by atoms with van der Waals surface area (Å²) in [5.41, 5.74) is 0. The number of thiazole rings is 1. The summed E-state index contributed by atoms with van der Waals surface area (Å²) in [6.45, 7) is 0. The van der Waals surface area contributed by atoms with E-state index in [1.807, 2.05) is 6.07 Å². The molecule has 0 bridgehead atoms. The predicted molar refractivity (Wildman–Crippen MR) is 36.4 cm³/mol. The monoisotopic (exact) mass is 158 g/mol. The van der Waals surface area contributed by atoms with Crippen LogP contribution in [-0.2, 0) is 5.88 Å². The van der Waals surface area contributed by atoms with E-state index >= 15 is 0 Å². The predicted octanol–water partition coefficient (Wildman–Crippen LogP) is 1.75. The number of nitriles is 1. The highest BCUT2D eigenvalue weighted by Crippen LogP contribution is 2.13. The highest BCUT2D eigenvalue weighted by Gasteiger charge is 1.96. The minimum absolute atomic E-state index is 0.444. The van der Waals surface area contributed by atoms with Crippen molar-refractivity contribution in [2.75, 3.05) is 0 Å². The summed E-state index contributed by atoms with van der Waals surface area (Å²) < 4.78 is 0. The summed E-state index contributed by atoms with van der Waals surface area (Å²) in [6.07, 6.45) is 1.62. The molecular formula is C5H3ClN2S. The standard InChI is InChI=1S/C5H3ClN2S/c6-1-4-3-8-5(2-7)9-4/h3H,1H2. The molecule has 0 spiro atoms. The molecule has 0 saturated carbocycles. The lowest BCUT2D eigenvalue weighted by Crippen LogP contribution is -1.62. The maximum atomic E-state index is 8.30. The van der Waals surface area contributed by atoms with Crippen LogP contribution in [0, 0.1) is 11.3 Å². The summed E-state index contributed by atoms with van der Waals surface area (Å²) >= 11 is 6.79. The van der Waals surface area contributed by atoms with Gasteiger partial charge >= 0.3 is 0 Å². The quantitative estimate of drug-likeness (QED) is 0.584. The van der Waals surface area contributed by atoms with Crippen molar-refractivity contribution < 1.29 is 0 Å². The molecule has 0 aliphatic rings. The number of halogens is 1. The topological polar surface area (TPSA) is 36.7 Å². The molecule has 1 aromatic rings. The molecular weight excluding hydrogens is 156 g/mol. The van der Waals surface area contributed by atoms with Gasteiger partial charge in [-0.3, -0.25) is 0 Å². The lowest BCUT2D eigenvalue weighted by Gasteiger charge is -1.75. The van der Waals surface area contributed by atoms with E-state index in [1.54, 1.807) is 6.20 Å². The van der Waals surface area contributed by atoms with E-state index in [1.165, 1.54) is 11.3 Å². The first kappa shape index (κ1) is 6.53. The molecule has 1 aromatic heterocycles. The van der Waals surface area contributed by atoms with Gasteiger partial charge in [0.15, 0.2) is 5.01 Å². The van der Waals surface area contributed by atoms with Crippen LogP contribution in [0.15, 0.2) is 6.20 Å². The lowest BCUT2D eigenvalue weighted by atomic mass is 10.6. The van der Waals surface area contributed by atoms with E-state index in [2.05, 4.69) is 4.98 Å². The molecule has 1 heterocycles. The minimum atomic E-state index is 0.444. The minimum Gasteiger partial charge on any atom is -0.234 e. The van der Waals surface area contributed by atoms with Gasteiger partial charge in [-0.25, -0.2) is 4.98 Å². The van der Waals surface area contributed by atoms with Gasteiger partial charge < -0.3 is 0 Å². The van der Waals surface area contributed by atoms with Gasteiger partial charge in [0.25, 0.3) is 0 Å². The van der Waals surface area contributed by atoms with E-state index in [4.69, 9.17) is 16.9 Å². The number of hydrogen-bond donors (Lipinski definition) is 0. The van der Waals surface area contributed by atoms with Crippen LogP contribution in [0.25, 0.3) is 0 Å². The molecule has 0 aliphatic heterocycles. The van der Waals surface area contributed by atoms with Gasteiger partial charge in [-0.1, -0.05) is 0 Å². The molecule has 0 atom stereocenters. The van der Waals surface area contributed by atoms with Crippen molar-refractivity contribution in [3.63, 3.8) is 0 Å². The van der Waals surface area contributed by atoms with Crippen molar-refractivity contribution in [1.29, 1.82) is 5.26 Å². The summed E-state index contributed by atoms with van der Waals surface area (Å²) in [7, 11) is 0. The van der Waals surface area contributed by atoms with Gasteiger partial charge in [-0.2, -0.15) is 5.26 Å². The van der Waals surface area contributed by atoms with Gasteiger partial charge in [0.05, 0.1) is 5.88 Å². The normalized spacial score (nSPS) is 8.89. The molecule has 4 heteroatoms. The van der Waals surface area contributed by atoms with Crippen LogP contribution < -0.4 is 0 Å². The molecule has 0 aromatic carbocycles. The fraction of sp³-hybridized carbons (Fsp3) is 0.200. The first-order valence-electron chi connectivity index (χ1n) is 2.27. The summed E-state index contributed by atoms with van der Waals surface area (Å²) in [4.78, 5) is 4.72. The first-order chi connectivity index (χ1) is 4.36. The van der Waals surface area contributed by atoms with Crippen LogP contribution in [-0.4, -0.2) is 4.98 Å². The van der Waals surface area contributed by atoms with Crippen LogP contribution in [0.2, 0.25) is 0 Å². The molecule has 0 radical (unpaired) electrons. The number of aromatic nitrogens is 1. The Kier molecular flexibility index (Phi) is 2.04. The van der Waals surface area contributed by atoms with Crippen LogP contribution >= 0.6 is 22.9 Å². The number of nitrogens with zero attached hydrogens (tertiary/aromatic N) is 2. The van der Waals surface area contributed by atoms with E-state index in [0.29, 0.717) is 10.9 Å². The van der Waals surface area contributed by atoms with Crippen molar-refractivity contribution in [2.45, 2.75) is 5.88 Å². The second-order valence-electron chi connectivity index (χ2n) is 1.38. The van der Waals surface area contributed by atoms with Gasteiger partial charge in [0.1, 0.15) is 6.07 Å². The first-order valence-corrected chi connectivity index (χ1v) is 3.62. The maximum absolute atomic E-state index is 8.30. The molecule has 1 rings (SSSR count). The number of rotatable bonds is 1. The Hall–Kier alpha value is -0.590. The second kappa shape index (κ2) is 2.81. The van der Waals surface area contributed by atoms with E-state index in [0.717, 1.165) is 4.88 Å². The Balaban J connectivity index is 2.90. The van der Waals surface area contributed by atoms with Crippen LogP contribution in [0.4, 0.5) is 0 Å². The Labute approximate surface area is 61.7 Å². The molecule has 46 valence electrons. The Morgan fingerprint density at radius 2 is 2.67 bits per heavy atom. The zero-order valence-electron chi connectivity index (χ0n) is 4.47. The van der Waals surface area contributed by atoms with Gasteiger partial charge in [0, 0.05) is 11.1 Å². The third-order valence-electron chi connectivity index (χ3n) is 0.781. The Morgan fingerprint density at radius 3 is 3.00 bits per heavy atom. The summed E-state index contributed by atoms with van der Waals surface area (Å²) in [5.74, 6) is 0.444. The molecule has 0 saturated heterocycles. The lowest BCUT2D eigenvalue weighted by molar-refractivity contribution is 1.32. The average Bonchev–Trinajstić information content (AvgIpc) is 2.34. The largest absolute Gasteiger partial charge is 0.234 e. The third-order valence-corrected chi connectivity index (χ3v) is 2.13. The highest BCUT2D eigenvalue weighted by atomic mass is 35.5. The molecule has 0 N–H and O–H groups in total. The van der Waals surface area contributed by atoms with Gasteiger partial charge in [0.2, 0.25) is 0 Å². The molecule has 0 unspecified atom stereocenters. The van der Waals surface area contributed by atoms with Crippen molar-refractivity contribution in [2.24, 2.45) is 0 Å². The van der Waals surface area contributed by atoms with Crippen molar-refractivity contribution in [3.05, 3.63) is 16.1 Å². The smallest absolute Gasteiger partial charge is 0.194 e. The van der Waals surface area contributed by atoms with Crippen molar-refractivity contribution in [1.82, 2.24) is 4.98 Å². The molecule has 2 nitrogen and oxygen atoms in total. The highest BCUT2D eigenvalue weighted by molar-refractivity contribution is 7.12. The zero-order chi connectivity index (χ0) is 6.69. The summed E-state index contributed by atoms with van der Waals surface area (Å²) in [5, 5.41) is 8.78. The van der Waals surface area contributed by atoms with Crippen LogP contribution in [0.3, 0.4) is 0 Å². The Morgan fingerprint density at radius 1 is 1.89 bits per heavy atom. The van der Waals surface area contributed by atoms with E-state index < -0.39 is 0 Å². The number of alkyl halides is 1. The average molecular weight is 159 g/mol. The zero-order valence-corrected chi connectivity index (χ0v) is 6.04. The fourth-order valence-corrected chi connectivity index (χ4v) is 1.21. The van der Waals surface area contributed by atoms with Gasteiger partial charge in [-0.15, -0.1) is 22.9 Å². The molecule has 0 fully saturated rings. The summed E-state index contributed by atoms with van der Waals surface area (Å²) in [6, 6.07) is 1.93. The van der Waals surface area contributed by atoms with Gasteiger partial charge in [-0.05, 0) is 0 Å². The second-order valence-corrected chi connectivity index (χ2v) is 2.76. The SMILES string of the molecule is N#Cc1ncc(CCl)s1. The molecule has 0 aliphatic carbocycles.